The Morgan fingerprint density at radius 1 is 1.29 bits per heavy atom. The van der Waals surface area contributed by atoms with E-state index in [0.717, 1.165) is 10.8 Å². The lowest BCUT2D eigenvalue weighted by atomic mass is 10.1. The normalized spacial score (nSPS) is 10.4. The molecule has 0 N–H and O–H groups in total. The Morgan fingerprint density at radius 3 is 2.71 bits per heavy atom. The summed E-state index contributed by atoms with van der Waals surface area (Å²) >= 11 is 0. The van der Waals surface area contributed by atoms with Gasteiger partial charge in [-0.05, 0) is 11.5 Å². The zero-order valence-electron chi connectivity index (χ0n) is 8.03. The Balaban J connectivity index is 2.56. The smallest absolute Gasteiger partial charge is 0.180 e. The molecule has 0 radical (unpaired) electrons. The van der Waals surface area contributed by atoms with E-state index in [2.05, 4.69) is 4.98 Å². The van der Waals surface area contributed by atoms with Gasteiger partial charge >= 0.3 is 0 Å². The molecule has 0 spiro atoms. The third-order valence-electron chi connectivity index (χ3n) is 2.24. The predicted molar refractivity (Wildman–Crippen MR) is 56.4 cm³/mol. The van der Waals surface area contributed by atoms with Gasteiger partial charge in [0.1, 0.15) is 5.69 Å². The number of ketones is 1. The van der Waals surface area contributed by atoms with Gasteiger partial charge in [0.05, 0.1) is 0 Å². The molecule has 0 aliphatic carbocycles. The van der Waals surface area contributed by atoms with Crippen molar-refractivity contribution in [1.29, 1.82) is 0 Å². The van der Waals surface area contributed by atoms with Crippen molar-refractivity contribution in [2.75, 3.05) is 0 Å². The summed E-state index contributed by atoms with van der Waals surface area (Å²) in [5.41, 5.74) is 0.561. The quantitative estimate of drug-likeness (QED) is 0.673. The standard InChI is InChI=1S/C12H11NO/c1-2-12(14)11-7-9-5-3-4-6-10(9)8-13-11/h3-8H,2H2,1H3. The maximum Gasteiger partial charge on any atom is 0.180 e. The number of carbonyl (C=O) groups excluding carboxylic acids is 1. The first-order chi connectivity index (χ1) is 6.81. The fourth-order valence-electron chi connectivity index (χ4n) is 1.42. The number of aromatic nitrogens is 1. The minimum Gasteiger partial charge on any atom is -0.292 e. The van der Waals surface area contributed by atoms with E-state index < -0.39 is 0 Å². The molecule has 0 amide bonds. The van der Waals surface area contributed by atoms with E-state index in [1.165, 1.54) is 0 Å². The Bertz CT molecular complexity index is 476. The summed E-state index contributed by atoms with van der Waals surface area (Å²) in [5.74, 6) is 0.0933. The van der Waals surface area contributed by atoms with Crippen LogP contribution in [0.15, 0.2) is 36.5 Å². The highest BCUT2D eigenvalue weighted by molar-refractivity contribution is 5.97. The van der Waals surface area contributed by atoms with Crippen molar-refractivity contribution in [1.82, 2.24) is 4.98 Å². The van der Waals surface area contributed by atoms with E-state index >= 15 is 0 Å². The highest BCUT2D eigenvalue weighted by atomic mass is 16.1. The van der Waals surface area contributed by atoms with E-state index in [1.54, 1.807) is 6.20 Å². The number of nitrogens with zero attached hydrogens (tertiary/aromatic N) is 1. The van der Waals surface area contributed by atoms with Gasteiger partial charge in [-0.2, -0.15) is 0 Å². The molecule has 0 saturated carbocycles. The Hall–Kier alpha value is -1.70. The van der Waals surface area contributed by atoms with E-state index in [9.17, 15) is 4.79 Å². The molecule has 0 unspecified atom stereocenters. The molecule has 1 heterocycles. The van der Waals surface area contributed by atoms with Gasteiger partial charge in [-0.25, -0.2) is 0 Å². The van der Waals surface area contributed by atoms with Crippen molar-refractivity contribution in [3.8, 4) is 0 Å². The Labute approximate surface area is 82.6 Å². The summed E-state index contributed by atoms with van der Waals surface area (Å²) in [4.78, 5) is 15.5. The van der Waals surface area contributed by atoms with Gasteiger partial charge in [-0.1, -0.05) is 31.2 Å². The van der Waals surface area contributed by atoms with Crippen LogP contribution in [0.1, 0.15) is 23.8 Å². The second-order valence-corrected chi connectivity index (χ2v) is 3.19. The SMILES string of the molecule is CCC(=O)c1cc2ccccc2cn1. The number of hydrogen-bond donors (Lipinski definition) is 0. The minimum absolute atomic E-state index is 0.0933. The topological polar surface area (TPSA) is 30.0 Å². The molecular formula is C12H11NO. The summed E-state index contributed by atoms with van der Waals surface area (Å²) in [7, 11) is 0. The van der Waals surface area contributed by atoms with Crippen LogP contribution in [0.5, 0.6) is 0 Å². The third kappa shape index (κ3) is 1.51. The Kier molecular flexibility index (Phi) is 2.27. The fourth-order valence-corrected chi connectivity index (χ4v) is 1.42. The first-order valence-electron chi connectivity index (χ1n) is 4.69. The molecule has 0 atom stereocenters. The average Bonchev–Trinajstić information content (AvgIpc) is 2.27. The van der Waals surface area contributed by atoms with Crippen LogP contribution in [0.2, 0.25) is 0 Å². The molecule has 2 aromatic rings. The molecule has 2 heteroatoms. The van der Waals surface area contributed by atoms with Gasteiger partial charge in [-0.15, -0.1) is 0 Å². The molecule has 0 saturated heterocycles. The largest absolute Gasteiger partial charge is 0.292 e. The zero-order valence-corrected chi connectivity index (χ0v) is 8.03. The first-order valence-corrected chi connectivity index (χ1v) is 4.69. The highest BCUT2D eigenvalue weighted by Gasteiger charge is 2.04. The van der Waals surface area contributed by atoms with Crippen LogP contribution in [0.3, 0.4) is 0 Å². The van der Waals surface area contributed by atoms with E-state index in [-0.39, 0.29) is 5.78 Å². The predicted octanol–water partition coefficient (Wildman–Crippen LogP) is 2.83. The van der Waals surface area contributed by atoms with Crippen molar-refractivity contribution in [3.05, 3.63) is 42.2 Å². The minimum atomic E-state index is 0.0933. The van der Waals surface area contributed by atoms with Gasteiger partial charge in [0.15, 0.2) is 5.78 Å². The summed E-state index contributed by atoms with van der Waals surface area (Å²) < 4.78 is 0. The van der Waals surface area contributed by atoms with Crippen LogP contribution in [-0.2, 0) is 0 Å². The van der Waals surface area contributed by atoms with Crippen LogP contribution in [-0.4, -0.2) is 10.8 Å². The molecule has 2 rings (SSSR count). The summed E-state index contributed by atoms with van der Waals surface area (Å²) in [6, 6.07) is 9.75. The number of benzene rings is 1. The molecule has 70 valence electrons. The lowest BCUT2D eigenvalue weighted by Gasteiger charge is -1.99. The molecule has 0 fully saturated rings. The molecule has 2 nitrogen and oxygen atoms in total. The van der Waals surface area contributed by atoms with Crippen LogP contribution >= 0.6 is 0 Å². The van der Waals surface area contributed by atoms with Gasteiger partial charge < -0.3 is 0 Å². The molecule has 14 heavy (non-hydrogen) atoms. The number of pyridine rings is 1. The van der Waals surface area contributed by atoms with Gasteiger partial charge in [0.25, 0.3) is 0 Å². The fraction of sp³-hybridized carbons (Fsp3) is 0.167. The van der Waals surface area contributed by atoms with Crippen molar-refractivity contribution in [2.45, 2.75) is 13.3 Å². The van der Waals surface area contributed by atoms with E-state index in [4.69, 9.17) is 0 Å². The van der Waals surface area contributed by atoms with Gasteiger partial charge in [0, 0.05) is 18.0 Å². The lowest BCUT2D eigenvalue weighted by molar-refractivity contribution is 0.0983. The second-order valence-electron chi connectivity index (χ2n) is 3.19. The molecule has 0 aliphatic rings. The summed E-state index contributed by atoms with van der Waals surface area (Å²) in [6.07, 6.45) is 2.25. The molecule has 1 aromatic carbocycles. The molecule has 0 bridgehead atoms. The van der Waals surface area contributed by atoms with Crippen LogP contribution in [0.25, 0.3) is 10.8 Å². The lowest BCUT2D eigenvalue weighted by Crippen LogP contribution is -1.99. The number of rotatable bonds is 2. The maximum atomic E-state index is 11.4. The van der Waals surface area contributed by atoms with E-state index in [0.29, 0.717) is 12.1 Å². The van der Waals surface area contributed by atoms with Crippen molar-refractivity contribution in [3.63, 3.8) is 0 Å². The van der Waals surface area contributed by atoms with Crippen LogP contribution in [0.4, 0.5) is 0 Å². The zero-order chi connectivity index (χ0) is 9.97. The monoisotopic (exact) mass is 185 g/mol. The number of carbonyl (C=O) groups is 1. The first kappa shape index (κ1) is 8.88. The van der Waals surface area contributed by atoms with Gasteiger partial charge in [0.2, 0.25) is 0 Å². The summed E-state index contributed by atoms with van der Waals surface area (Å²) in [5, 5.41) is 2.14. The van der Waals surface area contributed by atoms with Crippen LogP contribution < -0.4 is 0 Å². The Morgan fingerprint density at radius 2 is 2.00 bits per heavy atom. The number of hydrogen-bond acceptors (Lipinski definition) is 2. The number of fused-ring (bicyclic) bond motifs is 1. The summed E-state index contributed by atoms with van der Waals surface area (Å²) in [6.45, 7) is 1.85. The van der Waals surface area contributed by atoms with Gasteiger partial charge in [-0.3, -0.25) is 9.78 Å². The average molecular weight is 185 g/mol. The second kappa shape index (κ2) is 3.58. The number of Topliss-reactive ketones (excluding diaryl/α,β-unsaturated/α-hetero) is 1. The van der Waals surface area contributed by atoms with Crippen molar-refractivity contribution < 1.29 is 4.79 Å². The van der Waals surface area contributed by atoms with Crippen molar-refractivity contribution in [2.24, 2.45) is 0 Å². The molecular weight excluding hydrogens is 174 g/mol. The van der Waals surface area contributed by atoms with Crippen LogP contribution in [0, 0.1) is 0 Å². The third-order valence-corrected chi connectivity index (χ3v) is 2.24. The van der Waals surface area contributed by atoms with E-state index in [1.807, 2.05) is 37.3 Å². The molecule has 0 aliphatic heterocycles. The van der Waals surface area contributed by atoms with Crippen molar-refractivity contribution >= 4 is 16.6 Å². The highest BCUT2D eigenvalue weighted by Crippen LogP contribution is 2.13. The molecule has 1 aromatic heterocycles. The maximum absolute atomic E-state index is 11.4.